The minimum atomic E-state index is -0.105. The highest BCUT2D eigenvalue weighted by Gasteiger charge is 2.46. The van der Waals surface area contributed by atoms with Crippen LogP contribution in [0.15, 0.2) is 144 Å². The van der Waals surface area contributed by atoms with Gasteiger partial charge >= 0.3 is 6.85 Å². The van der Waals surface area contributed by atoms with Crippen molar-refractivity contribution in [2.24, 2.45) is 0 Å². The van der Waals surface area contributed by atoms with E-state index in [1.165, 1.54) is 120 Å². The molecule has 0 amide bonds. The Balaban J connectivity index is 1.16. The van der Waals surface area contributed by atoms with Crippen LogP contribution in [0.4, 0.5) is 11.4 Å². The van der Waals surface area contributed by atoms with E-state index >= 15 is 0 Å². The normalized spacial score (nSPS) is 14.9. The van der Waals surface area contributed by atoms with Crippen molar-refractivity contribution in [3.05, 3.63) is 162 Å². The van der Waals surface area contributed by atoms with Crippen LogP contribution in [0.2, 0.25) is 0 Å². The van der Waals surface area contributed by atoms with Gasteiger partial charge in [0.25, 0.3) is 0 Å². The van der Waals surface area contributed by atoms with Gasteiger partial charge in [-0.05, 0) is 115 Å². The first-order valence-electron chi connectivity index (χ1n) is 22.9. The molecule has 3 nitrogen and oxygen atoms in total. The van der Waals surface area contributed by atoms with Crippen LogP contribution < -0.4 is 15.7 Å². The molecule has 0 fully saturated rings. The first-order valence-corrected chi connectivity index (χ1v) is 23.7. The molecule has 5 heteroatoms. The van der Waals surface area contributed by atoms with Crippen LogP contribution in [0, 0.1) is 0 Å². The second-order valence-electron chi connectivity index (χ2n) is 21.3. The molecule has 0 bridgehead atoms. The van der Waals surface area contributed by atoms with Crippen LogP contribution in [-0.2, 0) is 16.2 Å². The van der Waals surface area contributed by atoms with Crippen LogP contribution in [0.3, 0.4) is 0 Å². The number of rotatable bonds is 1. The maximum absolute atomic E-state index is 6.83. The number of nitrogens with zero attached hydrogens (tertiary/aromatic N) is 2. The lowest BCUT2D eigenvalue weighted by Crippen LogP contribution is -2.60. The summed E-state index contributed by atoms with van der Waals surface area (Å²) in [4.78, 5) is 2.65. The monoisotopic (exact) mass is 842 g/mol. The topological polar surface area (TPSA) is 21.3 Å². The van der Waals surface area contributed by atoms with E-state index < -0.39 is 0 Å². The highest BCUT2D eigenvalue weighted by atomic mass is 32.1. The van der Waals surface area contributed by atoms with E-state index in [2.05, 4.69) is 204 Å². The summed E-state index contributed by atoms with van der Waals surface area (Å²) < 4.78 is 12.1. The lowest BCUT2D eigenvalue weighted by atomic mass is 9.44. The van der Waals surface area contributed by atoms with Crippen LogP contribution in [-0.4, -0.2) is 11.4 Å². The Labute approximate surface area is 377 Å². The van der Waals surface area contributed by atoms with Crippen LogP contribution in [0.1, 0.15) is 77.6 Å². The van der Waals surface area contributed by atoms with E-state index in [-0.39, 0.29) is 23.1 Å². The molecular weight excluding hydrogens is 796 g/mol. The molecular formula is C59H47BN2OS. The number of aromatic nitrogens is 1. The van der Waals surface area contributed by atoms with E-state index in [1.807, 2.05) is 11.3 Å². The molecule has 0 N–H and O–H groups in total. The highest BCUT2D eigenvalue weighted by molar-refractivity contribution is 7.26. The maximum atomic E-state index is 6.83. The van der Waals surface area contributed by atoms with Gasteiger partial charge in [-0.2, -0.15) is 0 Å². The Hall–Kier alpha value is -6.56. The molecule has 2 aliphatic heterocycles. The van der Waals surface area contributed by atoms with Gasteiger partial charge in [-0.15, -0.1) is 11.3 Å². The van der Waals surface area contributed by atoms with E-state index in [4.69, 9.17) is 4.42 Å². The predicted octanol–water partition coefficient (Wildman–Crippen LogP) is 15.2. The molecule has 3 aliphatic rings. The van der Waals surface area contributed by atoms with Crippen molar-refractivity contribution in [3.8, 4) is 27.9 Å². The molecule has 1 aliphatic carbocycles. The Bertz CT molecular complexity index is 3900. The molecule has 5 heterocycles. The quantitative estimate of drug-likeness (QED) is 0.154. The zero-order valence-electron chi connectivity index (χ0n) is 37.6. The number of anilines is 2. The van der Waals surface area contributed by atoms with Gasteiger partial charge in [0, 0.05) is 75.8 Å². The lowest BCUT2D eigenvalue weighted by Gasteiger charge is -2.42. The van der Waals surface area contributed by atoms with E-state index in [1.54, 1.807) is 0 Å². The van der Waals surface area contributed by atoms with Gasteiger partial charge in [-0.3, -0.25) is 0 Å². The van der Waals surface area contributed by atoms with Crippen molar-refractivity contribution in [2.75, 3.05) is 4.81 Å². The third-order valence-electron chi connectivity index (χ3n) is 15.3. The average Bonchev–Trinajstić information content (AvgIpc) is 4.00. The number of thiophene rings is 1. The number of furan rings is 1. The van der Waals surface area contributed by atoms with Gasteiger partial charge in [0.2, 0.25) is 0 Å². The van der Waals surface area contributed by atoms with Crippen LogP contribution in [0.25, 0.3) is 91.9 Å². The van der Waals surface area contributed by atoms with E-state index in [9.17, 15) is 0 Å². The Morgan fingerprint density at radius 1 is 0.547 bits per heavy atom. The minimum absolute atomic E-state index is 0.0149. The third kappa shape index (κ3) is 4.63. The molecule has 64 heavy (non-hydrogen) atoms. The lowest BCUT2D eigenvalue weighted by molar-refractivity contribution is 0.590. The Morgan fingerprint density at radius 3 is 2.11 bits per heavy atom. The van der Waals surface area contributed by atoms with E-state index in [0.29, 0.717) is 0 Å². The maximum Gasteiger partial charge on any atom is 0.333 e. The number of fused-ring (bicyclic) bond motifs is 18. The molecule has 0 spiro atoms. The molecule has 14 rings (SSSR count). The molecule has 308 valence electrons. The highest BCUT2D eigenvalue weighted by Crippen LogP contribution is 2.55. The van der Waals surface area contributed by atoms with Crippen LogP contribution in [0.5, 0.6) is 0 Å². The summed E-state index contributed by atoms with van der Waals surface area (Å²) in [5.74, 6) is 0. The van der Waals surface area contributed by atoms with Crippen molar-refractivity contribution in [3.63, 3.8) is 0 Å². The smallest absolute Gasteiger partial charge is 0.333 e. The zero-order valence-corrected chi connectivity index (χ0v) is 38.4. The van der Waals surface area contributed by atoms with Gasteiger partial charge in [-0.25, -0.2) is 0 Å². The second kappa shape index (κ2) is 12.0. The standard InChI is InChI=1S/C59H47BN2OS/c1-57(2,3)32-17-20-34(21-18-32)62-47-31-50-41(40-27-33(58(4,5)6)19-26-49(40)63-50)28-39(47)36-22-23-38-54-46(25-24-44-53(54)37-14-9-11-15-43(37)59(44,7)8)61-48-29-42-35-13-10-12-16-51(35)64-52(42)30-45(48)60(62)55(36)56(38)61/h9-31H,1-8H3. The van der Waals surface area contributed by atoms with Gasteiger partial charge in [-0.1, -0.05) is 134 Å². The number of hydrogen-bond donors (Lipinski definition) is 0. The summed E-state index contributed by atoms with van der Waals surface area (Å²) in [5, 5.41) is 7.64. The second-order valence-corrected chi connectivity index (χ2v) is 22.4. The molecule has 0 atom stereocenters. The Morgan fingerprint density at radius 2 is 1.30 bits per heavy atom. The fraction of sp³-hybridized carbons (Fsp3) is 0.186. The summed E-state index contributed by atoms with van der Waals surface area (Å²) in [5.41, 5.74) is 21.4. The zero-order chi connectivity index (χ0) is 43.3. The largest absolute Gasteiger partial charge is 0.456 e. The molecule has 0 radical (unpaired) electrons. The summed E-state index contributed by atoms with van der Waals surface area (Å²) in [7, 11) is 0. The number of hydrogen-bond acceptors (Lipinski definition) is 3. The van der Waals surface area contributed by atoms with Gasteiger partial charge < -0.3 is 13.8 Å². The first-order chi connectivity index (χ1) is 30.8. The molecule has 3 aromatic heterocycles. The molecule has 0 saturated carbocycles. The van der Waals surface area contributed by atoms with Gasteiger partial charge in [0.1, 0.15) is 11.2 Å². The van der Waals surface area contributed by atoms with Crippen LogP contribution >= 0.6 is 11.3 Å². The van der Waals surface area contributed by atoms with Gasteiger partial charge in [0.15, 0.2) is 0 Å². The van der Waals surface area contributed by atoms with E-state index in [0.717, 1.165) is 16.6 Å². The number of benzene rings is 8. The van der Waals surface area contributed by atoms with Crippen molar-refractivity contribution < 1.29 is 4.42 Å². The van der Waals surface area contributed by atoms with Crippen molar-refractivity contribution in [1.82, 2.24) is 4.57 Å². The average molecular weight is 843 g/mol. The fourth-order valence-corrected chi connectivity index (χ4v) is 13.2. The summed E-state index contributed by atoms with van der Waals surface area (Å²) in [6, 6.07) is 53.9. The van der Waals surface area contributed by atoms with Crippen molar-refractivity contribution >= 4 is 104 Å². The Kier molecular flexibility index (Phi) is 6.89. The molecule has 0 saturated heterocycles. The SMILES string of the molecule is CC(C)(C)c1ccc(N2B3c4cc5sc6ccccc6c5cc4-n4c5ccc6c(c5c5ccc(c3c54)-c3cc4c(cc32)oc2ccc(C(C)(C)C)cc24)-c2ccccc2C6(C)C)cc1. The molecule has 0 unspecified atom stereocenters. The first kappa shape index (κ1) is 36.9. The predicted molar refractivity (Wildman–Crippen MR) is 275 cm³/mol. The summed E-state index contributed by atoms with van der Waals surface area (Å²) in [6.45, 7) is 18.5. The van der Waals surface area contributed by atoms with Crippen molar-refractivity contribution in [1.29, 1.82) is 0 Å². The summed E-state index contributed by atoms with van der Waals surface area (Å²) in [6.07, 6.45) is 0. The van der Waals surface area contributed by atoms with Gasteiger partial charge in [0.05, 0.1) is 11.0 Å². The van der Waals surface area contributed by atoms with Crippen molar-refractivity contribution in [2.45, 2.75) is 71.6 Å². The third-order valence-corrected chi connectivity index (χ3v) is 16.4. The molecule has 11 aromatic rings. The summed E-state index contributed by atoms with van der Waals surface area (Å²) >= 11 is 1.91. The molecule has 8 aromatic carbocycles. The minimum Gasteiger partial charge on any atom is -0.456 e. The fourth-order valence-electron chi connectivity index (χ4n) is 12.0.